The summed E-state index contributed by atoms with van der Waals surface area (Å²) in [6, 6.07) is 4.13. The number of nitrogens with zero attached hydrogens (tertiary/aromatic N) is 1. The van der Waals surface area contributed by atoms with Gasteiger partial charge in [-0.25, -0.2) is 4.79 Å². The molecule has 0 aromatic heterocycles. The van der Waals surface area contributed by atoms with E-state index in [9.17, 15) is 14.4 Å². The molecule has 4 amide bonds. The Bertz CT molecular complexity index is 663. The number of imide groups is 1. The molecule has 0 aliphatic carbocycles. The van der Waals surface area contributed by atoms with Crippen molar-refractivity contribution in [3.63, 3.8) is 0 Å². The molecule has 2 fully saturated rings. The Morgan fingerprint density at radius 2 is 2.14 bits per heavy atom. The van der Waals surface area contributed by atoms with Crippen LogP contribution in [0.4, 0.5) is 10.5 Å². The van der Waals surface area contributed by atoms with E-state index in [4.69, 9.17) is 17.3 Å². The first-order valence-corrected chi connectivity index (χ1v) is 6.77. The smallest absolute Gasteiger partial charge is 0.322 e. The normalized spacial score (nSPS) is 24.3. The SMILES string of the molecule is Nc1ccc(Cl)cc1C(=O)N1CCC2(C1)NC(=O)NC2=O. The monoisotopic (exact) mass is 308 g/mol. The highest BCUT2D eigenvalue weighted by Crippen LogP contribution is 2.27. The molecule has 0 bridgehead atoms. The highest BCUT2D eigenvalue weighted by atomic mass is 35.5. The van der Waals surface area contributed by atoms with Crippen LogP contribution in [0.25, 0.3) is 0 Å². The van der Waals surface area contributed by atoms with E-state index >= 15 is 0 Å². The van der Waals surface area contributed by atoms with Gasteiger partial charge in [0.05, 0.1) is 12.1 Å². The number of likely N-dealkylation sites (tertiary alicyclic amines) is 1. The quantitative estimate of drug-likeness (QED) is 0.514. The van der Waals surface area contributed by atoms with Crippen molar-refractivity contribution < 1.29 is 14.4 Å². The number of nitrogen functional groups attached to an aromatic ring is 1. The van der Waals surface area contributed by atoms with Gasteiger partial charge in [-0.3, -0.25) is 14.9 Å². The van der Waals surface area contributed by atoms with E-state index in [-0.39, 0.29) is 12.5 Å². The second-order valence-electron chi connectivity index (χ2n) is 5.20. The highest BCUT2D eigenvalue weighted by Gasteiger charge is 2.51. The lowest BCUT2D eigenvalue weighted by Gasteiger charge is -2.21. The minimum atomic E-state index is -1.03. The Labute approximate surface area is 125 Å². The summed E-state index contributed by atoms with van der Waals surface area (Å²) < 4.78 is 0. The van der Waals surface area contributed by atoms with Crippen LogP contribution in [0.2, 0.25) is 5.02 Å². The number of amides is 4. The van der Waals surface area contributed by atoms with Crippen molar-refractivity contribution >= 4 is 35.1 Å². The van der Waals surface area contributed by atoms with Gasteiger partial charge in [-0.2, -0.15) is 0 Å². The molecule has 1 aromatic rings. The number of benzene rings is 1. The molecular weight excluding hydrogens is 296 g/mol. The third-order valence-corrected chi connectivity index (χ3v) is 4.05. The van der Waals surface area contributed by atoms with Gasteiger partial charge in [0.15, 0.2) is 0 Å². The lowest BCUT2D eigenvalue weighted by atomic mass is 9.99. The molecule has 8 heteroatoms. The molecule has 2 saturated heterocycles. The average molecular weight is 309 g/mol. The molecule has 1 unspecified atom stereocenters. The van der Waals surface area contributed by atoms with Crippen LogP contribution in [-0.4, -0.2) is 41.4 Å². The van der Waals surface area contributed by atoms with Gasteiger partial charge < -0.3 is 16.0 Å². The number of nitrogens with two attached hydrogens (primary N) is 1. The molecule has 110 valence electrons. The average Bonchev–Trinajstić information content (AvgIpc) is 2.97. The molecule has 1 atom stereocenters. The van der Waals surface area contributed by atoms with E-state index in [0.29, 0.717) is 29.2 Å². The largest absolute Gasteiger partial charge is 0.398 e. The van der Waals surface area contributed by atoms with Gasteiger partial charge in [-0.15, -0.1) is 0 Å². The fraction of sp³-hybridized carbons (Fsp3) is 0.308. The summed E-state index contributed by atoms with van der Waals surface area (Å²) >= 11 is 5.88. The number of rotatable bonds is 1. The third kappa shape index (κ3) is 2.19. The number of anilines is 1. The molecule has 0 saturated carbocycles. The molecule has 1 aromatic carbocycles. The summed E-state index contributed by atoms with van der Waals surface area (Å²) in [7, 11) is 0. The lowest BCUT2D eigenvalue weighted by Crippen LogP contribution is -2.49. The molecule has 0 radical (unpaired) electrons. The topological polar surface area (TPSA) is 105 Å². The van der Waals surface area contributed by atoms with E-state index in [1.165, 1.54) is 11.0 Å². The summed E-state index contributed by atoms with van der Waals surface area (Å²) in [4.78, 5) is 37.1. The van der Waals surface area contributed by atoms with Crippen LogP contribution in [0.1, 0.15) is 16.8 Å². The summed E-state index contributed by atoms with van der Waals surface area (Å²) in [6.45, 7) is 0.480. The van der Waals surface area contributed by atoms with Crippen LogP contribution >= 0.6 is 11.6 Å². The van der Waals surface area contributed by atoms with Crippen molar-refractivity contribution in [3.8, 4) is 0 Å². The zero-order chi connectivity index (χ0) is 15.2. The number of urea groups is 1. The van der Waals surface area contributed by atoms with Gasteiger partial charge in [-0.05, 0) is 24.6 Å². The number of hydrogen-bond acceptors (Lipinski definition) is 4. The molecule has 2 aliphatic rings. The standard InChI is InChI=1S/C13H13ClN4O3/c14-7-1-2-9(15)8(5-7)10(19)18-4-3-13(6-18)11(20)16-12(21)17-13/h1-2,5H,3-4,6,15H2,(H2,16,17,20,21). The van der Waals surface area contributed by atoms with E-state index < -0.39 is 17.5 Å². The Morgan fingerprint density at radius 3 is 2.81 bits per heavy atom. The van der Waals surface area contributed by atoms with Crippen molar-refractivity contribution in [2.24, 2.45) is 0 Å². The van der Waals surface area contributed by atoms with Crippen molar-refractivity contribution in [2.75, 3.05) is 18.8 Å². The minimum absolute atomic E-state index is 0.120. The number of nitrogens with one attached hydrogen (secondary N) is 2. The van der Waals surface area contributed by atoms with Crippen LogP contribution in [-0.2, 0) is 4.79 Å². The first-order valence-electron chi connectivity index (χ1n) is 6.39. The highest BCUT2D eigenvalue weighted by molar-refractivity contribution is 6.31. The van der Waals surface area contributed by atoms with Gasteiger partial charge >= 0.3 is 6.03 Å². The molecule has 3 rings (SSSR count). The predicted octanol–water partition coefficient (Wildman–Crippen LogP) is 0.346. The molecule has 1 spiro atoms. The number of hydrogen-bond donors (Lipinski definition) is 3. The second kappa shape index (κ2) is 4.63. The van der Waals surface area contributed by atoms with Crippen LogP contribution in [0.15, 0.2) is 18.2 Å². The van der Waals surface area contributed by atoms with Crippen molar-refractivity contribution in [1.29, 1.82) is 0 Å². The predicted molar refractivity (Wildman–Crippen MR) is 75.8 cm³/mol. The number of halogens is 1. The third-order valence-electron chi connectivity index (χ3n) is 3.82. The molecular formula is C13H13ClN4O3. The maximum absolute atomic E-state index is 12.5. The summed E-state index contributed by atoms with van der Waals surface area (Å²) in [5.74, 6) is -0.706. The summed E-state index contributed by atoms with van der Waals surface area (Å²) in [6.07, 6.45) is 0.372. The Hall–Kier alpha value is -2.28. The first kappa shape index (κ1) is 13.7. The minimum Gasteiger partial charge on any atom is -0.398 e. The fourth-order valence-corrected chi connectivity index (χ4v) is 2.85. The van der Waals surface area contributed by atoms with Crippen LogP contribution in [0, 0.1) is 0 Å². The van der Waals surface area contributed by atoms with Crippen molar-refractivity contribution in [1.82, 2.24) is 15.5 Å². The molecule has 7 nitrogen and oxygen atoms in total. The summed E-state index contributed by atoms with van der Waals surface area (Å²) in [5, 5.41) is 5.20. The number of carbonyl (C=O) groups is 3. The first-order chi connectivity index (χ1) is 9.91. The molecule has 4 N–H and O–H groups in total. The zero-order valence-corrected chi connectivity index (χ0v) is 11.7. The second-order valence-corrected chi connectivity index (χ2v) is 5.64. The van der Waals surface area contributed by atoms with Crippen molar-refractivity contribution in [2.45, 2.75) is 12.0 Å². The summed E-state index contributed by atoms with van der Waals surface area (Å²) in [5.41, 5.74) is 5.39. The number of carbonyl (C=O) groups excluding carboxylic acids is 3. The lowest BCUT2D eigenvalue weighted by molar-refractivity contribution is -0.123. The molecule has 2 aliphatic heterocycles. The Balaban J connectivity index is 1.83. The maximum atomic E-state index is 12.5. The van der Waals surface area contributed by atoms with Crippen molar-refractivity contribution in [3.05, 3.63) is 28.8 Å². The van der Waals surface area contributed by atoms with E-state index in [2.05, 4.69) is 10.6 Å². The Kier molecular flexibility index (Phi) is 3.02. The molecule has 2 heterocycles. The molecule has 21 heavy (non-hydrogen) atoms. The van der Waals surface area contributed by atoms with Gasteiger partial charge in [-0.1, -0.05) is 11.6 Å². The maximum Gasteiger partial charge on any atom is 0.322 e. The Morgan fingerprint density at radius 1 is 1.38 bits per heavy atom. The van der Waals surface area contributed by atoms with E-state index in [1.54, 1.807) is 12.1 Å². The van der Waals surface area contributed by atoms with E-state index in [0.717, 1.165) is 0 Å². The van der Waals surface area contributed by atoms with E-state index in [1.807, 2.05) is 0 Å². The fourth-order valence-electron chi connectivity index (χ4n) is 2.68. The van der Waals surface area contributed by atoms with Gasteiger partial charge in [0.2, 0.25) is 0 Å². The van der Waals surface area contributed by atoms with Gasteiger partial charge in [0.25, 0.3) is 11.8 Å². The van der Waals surface area contributed by atoms with Crippen LogP contribution in [0.5, 0.6) is 0 Å². The van der Waals surface area contributed by atoms with Gasteiger partial charge in [0, 0.05) is 17.3 Å². The van der Waals surface area contributed by atoms with Crippen LogP contribution in [0.3, 0.4) is 0 Å². The van der Waals surface area contributed by atoms with Gasteiger partial charge in [0.1, 0.15) is 5.54 Å². The van der Waals surface area contributed by atoms with Crippen LogP contribution < -0.4 is 16.4 Å². The zero-order valence-electron chi connectivity index (χ0n) is 11.0.